The summed E-state index contributed by atoms with van der Waals surface area (Å²) >= 11 is 0. The predicted octanol–water partition coefficient (Wildman–Crippen LogP) is 0.851. The van der Waals surface area contributed by atoms with Crippen molar-refractivity contribution in [2.24, 2.45) is 10.9 Å². The molecule has 27 heavy (non-hydrogen) atoms. The third-order valence-electron chi connectivity index (χ3n) is 4.71. The summed E-state index contributed by atoms with van der Waals surface area (Å²) < 4.78 is 5.29. The second kappa shape index (κ2) is 8.88. The number of nitrogens with one attached hydrogen (secondary N) is 1. The van der Waals surface area contributed by atoms with Gasteiger partial charge < -0.3 is 4.74 Å². The zero-order chi connectivity index (χ0) is 19.2. The maximum atomic E-state index is 12.7. The van der Waals surface area contributed by atoms with Crippen molar-refractivity contribution in [1.82, 2.24) is 10.2 Å². The molecule has 1 N–H and O–H groups in total. The summed E-state index contributed by atoms with van der Waals surface area (Å²) in [4.78, 5) is 44.4. The third-order valence-corrected chi connectivity index (χ3v) is 4.71. The number of nitrogens with zero attached hydrogens (tertiary/aromatic N) is 3. The van der Waals surface area contributed by atoms with E-state index in [1.807, 2.05) is 19.1 Å². The Bertz CT molecular complexity index is 726. The number of carbonyl (C=O) groups is 3. The summed E-state index contributed by atoms with van der Waals surface area (Å²) in [5.74, 6) is -2.32. The van der Waals surface area contributed by atoms with E-state index >= 15 is 0 Å². The molecule has 0 spiro atoms. The molecule has 0 bridgehead atoms. The minimum atomic E-state index is -1.10. The first kappa shape index (κ1) is 19.2. The standard InChI is InChI=1S/C19H24N4O4/c1-2-14-3-5-15(6-4-14)23-18(25)16(17(24)21-19(23)26)13-20-7-8-22-9-11-27-12-10-22/h3-6,13,16H,2,7-12H2,1H3,(H,21,24,26)/t16-/m0/s1. The van der Waals surface area contributed by atoms with E-state index in [1.165, 1.54) is 6.21 Å². The maximum Gasteiger partial charge on any atom is 0.335 e. The van der Waals surface area contributed by atoms with Crippen molar-refractivity contribution in [3.05, 3.63) is 29.8 Å². The van der Waals surface area contributed by atoms with Crippen molar-refractivity contribution >= 4 is 29.7 Å². The minimum absolute atomic E-state index is 0.439. The summed E-state index contributed by atoms with van der Waals surface area (Å²) in [5, 5.41) is 2.24. The number of anilines is 1. The average molecular weight is 372 g/mol. The van der Waals surface area contributed by atoms with Gasteiger partial charge in [-0.25, -0.2) is 9.69 Å². The van der Waals surface area contributed by atoms with Gasteiger partial charge in [0.2, 0.25) is 5.91 Å². The Morgan fingerprint density at radius 1 is 1.19 bits per heavy atom. The maximum absolute atomic E-state index is 12.7. The highest BCUT2D eigenvalue weighted by Crippen LogP contribution is 2.21. The normalized spacial score (nSPS) is 21.7. The SMILES string of the molecule is CCc1ccc(N2C(=O)NC(=O)[C@H](C=NCCN3CCOCC3)C2=O)cc1. The van der Waals surface area contributed by atoms with Crippen LogP contribution in [0.25, 0.3) is 0 Å². The molecule has 2 aliphatic heterocycles. The highest BCUT2D eigenvalue weighted by molar-refractivity contribution is 6.32. The van der Waals surface area contributed by atoms with E-state index in [0.29, 0.717) is 25.4 Å². The smallest absolute Gasteiger partial charge is 0.335 e. The molecule has 0 aromatic heterocycles. The molecular formula is C19H24N4O4. The van der Waals surface area contributed by atoms with Gasteiger partial charge in [-0.2, -0.15) is 0 Å². The minimum Gasteiger partial charge on any atom is -0.379 e. The Morgan fingerprint density at radius 2 is 1.89 bits per heavy atom. The highest BCUT2D eigenvalue weighted by Gasteiger charge is 2.40. The molecule has 144 valence electrons. The van der Waals surface area contributed by atoms with Crippen molar-refractivity contribution in [2.75, 3.05) is 44.3 Å². The van der Waals surface area contributed by atoms with Crippen LogP contribution in [0, 0.1) is 5.92 Å². The lowest BCUT2D eigenvalue weighted by atomic mass is 10.1. The molecule has 0 aliphatic carbocycles. The third kappa shape index (κ3) is 4.58. The molecule has 0 unspecified atom stereocenters. The molecule has 8 nitrogen and oxygen atoms in total. The quantitative estimate of drug-likeness (QED) is 0.591. The van der Waals surface area contributed by atoms with Crippen molar-refractivity contribution in [3.63, 3.8) is 0 Å². The molecule has 2 heterocycles. The lowest BCUT2D eigenvalue weighted by molar-refractivity contribution is -0.131. The van der Waals surface area contributed by atoms with Gasteiger partial charge >= 0.3 is 6.03 Å². The molecule has 0 saturated carbocycles. The number of hydrogen-bond donors (Lipinski definition) is 1. The Kier molecular flexibility index (Phi) is 6.31. The monoisotopic (exact) mass is 372 g/mol. The van der Waals surface area contributed by atoms with E-state index in [2.05, 4.69) is 15.2 Å². The fourth-order valence-electron chi connectivity index (χ4n) is 3.05. The lowest BCUT2D eigenvalue weighted by Crippen LogP contribution is -2.58. The number of morpholine rings is 1. The zero-order valence-electron chi connectivity index (χ0n) is 15.4. The van der Waals surface area contributed by atoms with Gasteiger partial charge in [-0.1, -0.05) is 19.1 Å². The number of hydrogen-bond acceptors (Lipinski definition) is 6. The number of barbiturate groups is 1. The number of aryl methyl sites for hydroxylation is 1. The van der Waals surface area contributed by atoms with Gasteiger partial charge in [0.15, 0.2) is 5.92 Å². The van der Waals surface area contributed by atoms with Crippen LogP contribution in [-0.4, -0.2) is 68.4 Å². The van der Waals surface area contributed by atoms with E-state index < -0.39 is 23.8 Å². The molecule has 3 rings (SSSR count). The van der Waals surface area contributed by atoms with Gasteiger partial charge in [-0.3, -0.25) is 24.8 Å². The molecule has 0 radical (unpaired) electrons. The van der Waals surface area contributed by atoms with Gasteiger partial charge in [-0.15, -0.1) is 0 Å². The number of rotatable bonds is 6. The molecule has 2 aliphatic rings. The number of carbonyl (C=O) groups excluding carboxylic acids is 3. The van der Waals surface area contributed by atoms with Crippen LogP contribution in [0.15, 0.2) is 29.3 Å². The van der Waals surface area contributed by atoms with Crippen LogP contribution in [0.3, 0.4) is 0 Å². The van der Waals surface area contributed by atoms with Crippen molar-refractivity contribution in [1.29, 1.82) is 0 Å². The van der Waals surface area contributed by atoms with Crippen LogP contribution in [0.2, 0.25) is 0 Å². The first-order valence-electron chi connectivity index (χ1n) is 9.18. The van der Waals surface area contributed by atoms with Gasteiger partial charge in [0.25, 0.3) is 5.91 Å². The van der Waals surface area contributed by atoms with E-state index in [1.54, 1.807) is 12.1 Å². The number of urea groups is 1. The van der Waals surface area contributed by atoms with Gasteiger partial charge in [0.1, 0.15) is 0 Å². The van der Waals surface area contributed by atoms with Crippen LogP contribution in [0.4, 0.5) is 10.5 Å². The highest BCUT2D eigenvalue weighted by atomic mass is 16.5. The average Bonchev–Trinajstić information content (AvgIpc) is 2.68. The second-order valence-corrected chi connectivity index (χ2v) is 6.47. The lowest BCUT2D eigenvalue weighted by Gasteiger charge is -2.28. The van der Waals surface area contributed by atoms with E-state index in [4.69, 9.17) is 4.74 Å². The second-order valence-electron chi connectivity index (χ2n) is 6.47. The van der Waals surface area contributed by atoms with E-state index in [-0.39, 0.29) is 0 Å². The summed E-state index contributed by atoms with van der Waals surface area (Å²) in [5.41, 5.74) is 1.54. The molecule has 2 saturated heterocycles. The van der Waals surface area contributed by atoms with Crippen LogP contribution >= 0.6 is 0 Å². The number of aliphatic imine (C=N–C) groups is 1. The molecule has 1 atom stereocenters. The number of ether oxygens (including phenoxy) is 1. The Hall–Kier alpha value is -2.58. The molecule has 2 fully saturated rings. The zero-order valence-corrected chi connectivity index (χ0v) is 15.4. The summed E-state index contributed by atoms with van der Waals surface area (Å²) in [6.45, 7) is 6.38. The predicted molar refractivity (Wildman–Crippen MR) is 101 cm³/mol. The fraction of sp³-hybridized carbons (Fsp3) is 0.474. The van der Waals surface area contributed by atoms with E-state index in [0.717, 1.165) is 36.5 Å². The van der Waals surface area contributed by atoms with Crippen LogP contribution in [0.5, 0.6) is 0 Å². The molecular weight excluding hydrogens is 348 g/mol. The summed E-state index contributed by atoms with van der Waals surface area (Å²) in [6.07, 6.45) is 2.20. The molecule has 4 amide bonds. The van der Waals surface area contributed by atoms with Crippen molar-refractivity contribution < 1.29 is 19.1 Å². The Morgan fingerprint density at radius 3 is 2.56 bits per heavy atom. The number of imide groups is 2. The van der Waals surface area contributed by atoms with Gasteiger partial charge in [0.05, 0.1) is 25.4 Å². The summed E-state index contributed by atoms with van der Waals surface area (Å²) in [7, 11) is 0. The Balaban J connectivity index is 1.65. The molecule has 1 aromatic rings. The van der Waals surface area contributed by atoms with Crippen LogP contribution in [0.1, 0.15) is 12.5 Å². The Labute approximate surface area is 158 Å². The first-order chi connectivity index (χ1) is 13.1. The topological polar surface area (TPSA) is 91.3 Å². The summed E-state index contributed by atoms with van der Waals surface area (Å²) in [6, 6.07) is 6.40. The van der Waals surface area contributed by atoms with Crippen molar-refractivity contribution in [2.45, 2.75) is 13.3 Å². The van der Waals surface area contributed by atoms with E-state index in [9.17, 15) is 14.4 Å². The van der Waals surface area contributed by atoms with Crippen molar-refractivity contribution in [3.8, 4) is 0 Å². The molecule has 8 heteroatoms. The number of amides is 4. The largest absolute Gasteiger partial charge is 0.379 e. The van der Waals surface area contributed by atoms with Gasteiger partial charge in [0, 0.05) is 25.8 Å². The molecule has 1 aromatic carbocycles. The van der Waals surface area contributed by atoms with Crippen LogP contribution in [-0.2, 0) is 20.7 Å². The van der Waals surface area contributed by atoms with Crippen LogP contribution < -0.4 is 10.2 Å². The van der Waals surface area contributed by atoms with Gasteiger partial charge in [-0.05, 0) is 24.1 Å². The fourth-order valence-corrected chi connectivity index (χ4v) is 3.05. The first-order valence-corrected chi connectivity index (χ1v) is 9.18. The number of benzene rings is 1.